The monoisotopic (exact) mass is 438 g/mol. The second-order valence-corrected chi connectivity index (χ2v) is 8.41. The van der Waals surface area contributed by atoms with Gasteiger partial charge in [-0.2, -0.15) is 15.1 Å². The second-order valence-electron chi connectivity index (χ2n) is 8.41. The molecule has 4 heterocycles. The van der Waals surface area contributed by atoms with Crippen molar-refractivity contribution in [3.8, 4) is 5.88 Å². The van der Waals surface area contributed by atoms with Crippen LogP contribution in [0.2, 0.25) is 0 Å². The number of nitrogens with one attached hydrogen (secondary N) is 3. The zero-order valence-corrected chi connectivity index (χ0v) is 18.4. The van der Waals surface area contributed by atoms with E-state index in [1.165, 1.54) is 31.4 Å². The number of nitrogens with zero attached hydrogens (tertiary/aromatic N) is 5. The SMILES string of the molecule is CCc1cc(CNc2nc(Nc3cc(C4CC4)[nH]n3)cc(OCCN3CCCC3)n2)on1. The summed E-state index contributed by atoms with van der Waals surface area (Å²) in [6.07, 6.45) is 5.81. The summed E-state index contributed by atoms with van der Waals surface area (Å²) in [5.41, 5.74) is 2.09. The van der Waals surface area contributed by atoms with Gasteiger partial charge in [0.25, 0.3) is 0 Å². The number of aromatic amines is 1. The van der Waals surface area contributed by atoms with Gasteiger partial charge in [0, 0.05) is 36.4 Å². The molecule has 3 N–H and O–H groups in total. The lowest BCUT2D eigenvalue weighted by atomic mass is 10.3. The Balaban J connectivity index is 1.27. The van der Waals surface area contributed by atoms with Crippen LogP contribution >= 0.6 is 0 Å². The first kappa shape index (κ1) is 20.7. The molecule has 0 aromatic carbocycles. The Labute approximate surface area is 187 Å². The molecule has 0 radical (unpaired) electrons. The van der Waals surface area contributed by atoms with Gasteiger partial charge in [0.2, 0.25) is 11.8 Å². The average molecular weight is 439 g/mol. The highest BCUT2D eigenvalue weighted by atomic mass is 16.5. The molecule has 2 fully saturated rings. The van der Waals surface area contributed by atoms with Crippen LogP contribution in [-0.2, 0) is 13.0 Å². The van der Waals surface area contributed by atoms with E-state index in [4.69, 9.17) is 9.26 Å². The number of rotatable bonds is 11. The van der Waals surface area contributed by atoms with Crippen LogP contribution in [0.1, 0.15) is 55.7 Å². The van der Waals surface area contributed by atoms with Crippen LogP contribution in [0, 0.1) is 0 Å². The predicted molar refractivity (Wildman–Crippen MR) is 120 cm³/mol. The summed E-state index contributed by atoms with van der Waals surface area (Å²) < 4.78 is 11.3. The molecule has 0 spiro atoms. The first-order chi connectivity index (χ1) is 15.7. The Morgan fingerprint density at radius 1 is 1.16 bits per heavy atom. The molecule has 10 nitrogen and oxygen atoms in total. The van der Waals surface area contributed by atoms with E-state index in [0.717, 1.165) is 43.3 Å². The van der Waals surface area contributed by atoms with E-state index in [0.29, 0.717) is 36.7 Å². The molecule has 0 amide bonds. The van der Waals surface area contributed by atoms with Crippen LogP contribution in [0.15, 0.2) is 22.7 Å². The molecule has 0 atom stereocenters. The molecule has 2 aliphatic rings. The Morgan fingerprint density at radius 3 is 2.81 bits per heavy atom. The fourth-order valence-corrected chi connectivity index (χ4v) is 3.83. The van der Waals surface area contributed by atoms with E-state index in [1.807, 2.05) is 25.1 Å². The first-order valence-electron chi connectivity index (χ1n) is 11.5. The maximum Gasteiger partial charge on any atom is 0.228 e. The molecular weight excluding hydrogens is 408 g/mol. The van der Waals surface area contributed by atoms with Crippen molar-refractivity contribution in [2.45, 2.75) is 51.5 Å². The van der Waals surface area contributed by atoms with E-state index in [9.17, 15) is 0 Å². The van der Waals surface area contributed by atoms with Crippen molar-refractivity contribution in [3.63, 3.8) is 0 Å². The van der Waals surface area contributed by atoms with Crippen molar-refractivity contribution in [1.29, 1.82) is 0 Å². The minimum atomic E-state index is 0.442. The van der Waals surface area contributed by atoms with Gasteiger partial charge in [-0.1, -0.05) is 12.1 Å². The smallest absolute Gasteiger partial charge is 0.228 e. The van der Waals surface area contributed by atoms with E-state index in [2.05, 4.69) is 40.9 Å². The van der Waals surface area contributed by atoms with Gasteiger partial charge in [0.1, 0.15) is 12.4 Å². The lowest BCUT2D eigenvalue weighted by Gasteiger charge is -2.15. The third-order valence-electron chi connectivity index (χ3n) is 5.82. The zero-order valence-electron chi connectivity index (χ0n) is 18.4. The van der Waals surface area contributed by atoms with Gasteiger partial charge in [0.15, 0.2) is 11.6 Å². The summed E-state index contributed by atoms with van der Waals surface area (Å²) in [6, 6.07) is 5.79. The summed E-state index contributed by atoms with van der Waals surface area (Å²) in [6.45, 7) is 6.27. The number of aryl methyl sites for hydroxylation is 1. The minimum Gasteiger partial charge on any atom is -0.476 e. The van der Waals surface area contributed by atoms with E-state index in [1.54, 1.807) is 0 Å². The number of ether oxygens (including phenoxy) is 1. The van der Waals surface area contributed by atoms with Crippen LogP contribution in [0.25, 0.3) is 0 Å². The molecule has 5 rings (SSSR count). The van der Waals surface area contributed by atoms with Crippen LogP contribution in [0.3, 0.4) is 0 Å². The minimum absolute atomic E-state index is 0.442. The number of hydrogen-bond acceptors (Lipinski definition) is 9. The highest BCUT2D eigenvalue weighted by Gasteiger charge is 2.25. The molecule has 170 valence electrons. The summed E-state index contributed by atoms with van der Waals surface area (Å²) in [7, 11) is 0. The van der Waals surface area contributed by atoms with Crippen LogP contribution in [0.5, 0.6) is 5.88 Å². The Morgan fingerprint density at radius 2 is 2.03 bits per heavy atom. The predicted octanol–water partition coefficient (Wildman–Crippen LogP) is 3.46. The number of H-pyrrole nitrogens is 1. The molecule has 1 saturated heterocycles. The Bertz CT molecular complexity index is 1020. The van der Waals surface area contributed by atoms with Crippen molar-refractivity contribution < 1.29 is 9.26 Å². The van der Waals surface area contributed by atoms with Gasteiger partial charge in [-0.05, 0) is 45.2 Å². The first-order valence-corrected chi connectivity index (χ1v) is 11.5. The molecule has 1 aliphatic carbocycles. The second kappa shape index (κ2) is 9.56. The molecule has 1 saturated carbocycles. The molecule has 32 heavy (non-hydrogen) atoms. The highest BCUT2D eigenvalue weighted by Crippen LogP contribution is 2.39. The van der Waals surface area contributed by atoms with Crippen molar-refractivity contribution in [2.75, 3.05) is 36.9 Å². The highest BCUT2D eigenvalue weighted by molar-refractivity contribution is 5.55. The topological polar surface area (TPSA) is 117 Å². The number of hydrogen-bond donors (Lipinski definition) is 3. The maximum absolute atomic E-state index is 5.98. The summed E-state index contributed by atoms with van der Waals surface area (Å²) >= 11 is 0. The molecule has 0 unspecified atom stereocenters. The summed E-state index contributed by atoms with van der Waals surface area (Å²) in [5, 5.41) is 18.0. The third kappa shape index (κ3) is 5.37. The largest absolute Gasteiger partial charge is 0.476 e. The number of likely N-dealkylation sites (tertiary alicyclic amines) is 1. The molecule has 3 aromatic rings. The maximum atomic E-state index is 5.98. The molecule has 0 bridgehead atoms. The quantitative estimate of drug-likeness (QED) is 0.414. The van der Waals surface area contributed by atoms with Crippen molar-refractivity contribution in [1.82, 2.24) is 30.2 Å². The Kier molecular flexibility index (Phi) is 6.20. The van der Waals surface area contributed by atoms with Crippen molar-refractivity contribution in [3.05, 3.63) is 35.3 Å². The van der Waals surface area contributed by atoms with Crippen LogP contribution in [0.4, 0.5) is 17.6 Å². The fourth-order valence-electron chi connectivity index (χ4n) is 3.83. The van der Waals surface area contributed by atoms with Gasteiger partial charge in [-0.15, -0.1) is 0 Å². The van der Waals surface area contributed by atoms with E-state index >= 15 is 0 Å². The number of aromatic nitrogens is 5. The Hall–Kier alpha value is -3.14. The summed E-state index contributed by atoms with van der Waals surface area (Å²) in [5.74, 6) is 3.69. The van der Waals surface area contributed by atoms with Gasteiger partial charge < -0.3 is 19.9 Å². The van der Waals surface area contributed by atoms with Gasteiger partial charge >= 0.3 is 0 Å². The van der Waals surface area contributed by atoms with Gasteiger partial charge in [-0.3, -0.25) is 10.00 Å². The number of anilines is 3. The van der Waals surface area contributed by atoms with Gasteiger partial charge in [-0.25, -0.2) is 0 Å². The standard InChI is InChI=1S/C22H30N8O2/c1-2-16-11-17(32-29-16)14-23-22-25-19(24-20-12-18(27-28-20)15-5-6-15)13-21(26-22)31-10-9-30-7-3-4-8-30/h11-13,15H,2-10,14H2,1H3,(H3,23,24,25,26,27,28). The van der Waals surface area contributed by atoms with Crippen LogP contribution in [-0.4, -0.2) is 56.5 Å². The molecule has 3 aromatic heterocycles. The summed E-state index contributed by atoms with van der Waals surface area (Å²) in [4.78, 5) is 11.5. The average Bonchev–Trinajstić information content (AvgIpc) is 3.19. The molecule has 10 heteroatoms. The van der Waals surface area contributed by atoms with Gasteiger partial charge in [0.05, 0.1) is 12.2 Å². The van der Waals surface area contributed by atoms with Crippen molar-refractivity contribution in [2.24, 2.45) is 0 Å². The lowest BCUT2D eigenvalue weighted by Crippen LogP contribution is -2.25. The lowest BCUT2D eigenvalue weighted by molar-refractivity contribution is 0.232. The zero-order chi connectivity index (χ0) is 21.8. The van der Waals surface area contributed by atoms with Crippen molar-refractivity contribution >= 4 is 17.6 Å². The molecular formula is C22H30N8O2. The molecule has 1 aliphatic heterocycles. The normalized spacial score (nSPS) is 16.4. The van der Waals surface area contributed by atoms with E-state index in [-0.39, 0.29) is 0 Å². The van der Waals surface area contributed by atoms with Crippen LogP contribution < -0.4 is 15.4 Å². The third-order valence-corrected chi connectivity index (χ3v) is 5.82. The van der Waals surface area contributed by atoms with E-state index < -0.39 is 0 Å². The fraction of sp³-hybridized carbons (Fsp3) is 0.545.